The number of fused-ring (bicyclic) bond motifs is 1. The van der Waals surface area contributed by atoms with Crippen molar-refractivity contribution in [2.75, 3.05) is 34.2 Å². The number of amides is 1. The van der Waals surface area contributed by atoms with Crippen molar-refractivity contribution in [1.82, 2.24) is 24.5 Å². The van der Waals surface area contributed by atoms with Gasteiger partial charge in [0.15, 0.2) is 0 Å². The number of nitrogens with one attached hydrogen (secondary N) is 2. The van der Waals surface area contributed by atoms with Gasteiger partial charge in [0.25, 0.3) is 0 Å². The van der Waals surface area contributed by atoms with Crippen molar-refractivity contribution in [3.8, 4) is 0 Å². The highest BCUT2D eigenvalue weighted by atomic mass is 32.2. The highest BCUT2D eigenvalue weighted by molar-refractivity contribution is 7.89. The molecule has 2 N–H and O–H groups in total. The summed E-state index contributed by atoms with van der Waals surface area (Å²) in [5.41, 5.74) is 1.50. The number of carbonyl (C=O) groups is 1. The second kappa shape index (κ2) is 8.61. The van der Waals surface area contributed by atoms with E-state index in [1.807, 2.05) is 18.5 Å². The van der Waals surface area contributed by atoms with E-state index in [1.54, 1.807) is 18.2 Å². The van der Waals surface area contributed by atoms with Crippen LogP contribution < -0.4 is 10.6 Å². The minimum absolute atomic E-state index is 0.0224. The van der Waals surface area contributed by atoms with Crippen molar-refractivity contribution in [1.29, 1.82) is 0 Å². The van der Waals surface area contributed by atoms with Gasteiger partial charge in [-0.15, -0.1) is 0 Å². The van der Waals surface area contributed by atoms with Gasteiger partial charge in [0, 0.05) is 46.6 Å². The molecule has 0 aliphatic carbocycles. The van der Waals surface area contributed by atoms with E-state index in [1.165, 1.54) is 18.4 Å². The van der Waals surface area contributed by atoms with E-state index >= 15 is 0 Å². The standard InChI is InChI=1S/C17H27N5O3S/c1-5-22-15-7-6-13(26(24,25)21(3)4)12-14(15)20-16(22)8-9-17(23)19-11-10-18-2/h6-7,12,18H,5,8-11H2,1-4H3,(H,19,23). The number of hydrogen-bond donors (Lipinski definition) is 2. The Morgan fingerprint density at radius 1 is 1.27 bits per heavy atom. The van der Waals surface area contributed by atoms with E-state index in [4.69, 9.17) is 0 Å². The van der Waals surface area contributed by atoms with Crippen LogP contribution in [0.5, 0.6) is 0 Å². The molecule has 8 nitrogen and oxygen atoms in total. The fraction of sp³-hybridized carbons (Fsp3) is 0.529. The second-order valence-electron chi connectivity index (χ2n) is 6.16. The predicted molar refractivity (Wildman–Crippen MR) is 102 cm³/mol. The summed E-state index contributed by atoms with van der Waals surface area (Å²) in [6.07, 6.45) is 0.847. The van der Waals surface area contributed by atoms with Crippen molar-refractivity contribution >= 4 is 27.0 Å². The molecule has 26 heavy (non-hydrogen) atoms. The van der Waals surface area contributed by atoms with Crippen LogP contribution in [0.2, 0.25) is 0 Å². The van der Waals surface area contributed by atoms with Crippen LogP contribution in [0.25, 0.3) is 11.0 Å². The molecule has 0 bridgehead atoms. The van der Waals surface area contributed by atoms with Gasteiger partial charge >= 0.3 is 0 Å². The topological polar surface area (TPSA) is 96.3 Å². The lowest BCUT2D eigenvalue weighted by atomic mass is 10.2. The zero-order valence-electron chi connectivity index (χ0n) is 15.7. The van der Waals surface area contributed by atoms with Crippen LogP contribution in [0, 0.1) is 0 Å². The molecule has 2 rings (SSSR count). The largest absolute Gasteiger partial charge is 0.355 e. The van der Waals surface area contributed by atoms with Gasteiger partial charge in [-0.2, -0.15) is 0 Å². The summed E-state index contributed by atoms with van der Waals surface area (Å²) < 4.78 is 27.8. The lowest BCUT2D eigenvalue weighted by Crippen LogP contribution is -2.30. The monoisotopic (exact) mass is 381 g/mol. The number of benzene rings is 1. The third-order valence-electron chi connectivity index (χ3n) is 4.17. The molecule has 0 fully saturated rings. The lowest BCUT2D eigenvalue weighted by Gasteiger charge is -2.11. The molecule has 1 heterocycles. The fourth-order valence-corrected chi connectivity index (χ4v) is 3.64. The molecule has 144 valence electrons. The number of sulfonamides is 1. The van der Waals surface area contributed by atoms with Crippen molar-refractivity contribution < 1.29 is 13.2 Å². The minimum atomic E-state index is -3.50. The van der Waals surface area contributed by atoms with Gasteiger partial charge in [-0.1, -0.05) is 0 Å². The van der Waals surface area contributed by atoms with E-state index in [-0.39, 0.29) is 10.8 Å². The van der Waals surface area contributed by atoms with Gasteiger partial charge in [0.1, 0.15) is 5.82 Å². The van der Waals surface area contributed by atoms with Gasteiger partial charge in [-0.25, -0.2) is 17.7 Å². The number of imidazole rings is 1. The highest BCUT2D eigenvalue weighted by Crippen LogP contribution is 2.22. The third kappa shape index (κ3) is 4.40. The van der Waals surface area contributed by atoms with Crippen molar-refractivity contribution in [2.45, 2.75) is 31.2 Å². The summed E-state index contributed by atoms with van der Waals surface area (Å²) in [6, 6.07) is 4.96. The molecular weight excluding hydrogens is 354 g/mol. The van der Waals surface area contributed by atoms with Gasteiger partial charge < -0.3 is 15.2 Å². The van der Waals surface area contributed by atoms with Crippen LogP contribution in [0.4, 0.5) is 0 Å². The first kappa shape index (κ1) is 20.3. The number of aryl methyl sites for hydroxylation is 2. The first-order chi connectivity index (χ1) is 12.3. The summed E-state index contributed by atoms with van der Waals surface area (Å²) >= 11 is 0. The lowest BCUT2D eigenvalue weighted by molar-refractivity contribution is -0.121. The maximum absolute atomic E-state index is 12.3. The van der Waals surface area contributed by atoms with Crippen LogP contribution in [-0.2, 0) is 27.8 Å². The maximum Gasteiger partial charge on any atom is 0.242 e. The predicted octanol–water partition coefficient (Wildman–Crippen LogP) is 0.575. The molecule has 0 aliphatic heterocycles. The molecule has 2 aromatic rings. The van der Waals surface area contributed by atoms with E-state index < -0.39 is 10.0 Å². The SMILES string of the molecule is CCn1c(CCC(=O)NCCNC)nc2cc(S(=O)(=O)N(C)C)ccc21. The van der Waals surface area contributed by atoms with Crippen LogP contribution in [0.3, 0.4) is 0 Å². The Morgan fingerprint density at radius 2 is 2.00 bits per heavy atom. The molecule has 0 saturated heterocycles. The second-order valence-corrected chi connectivity index (χ2v) is 8.32. The fourth-order valence-electron chi connectivity index (χ4n) is 2.72. The number of aromatic nitrogens is 2. The van der Waals surface area contributed by atoms with Crippen molar-refractivity contribution in [3.05, 3.63) is 24.0 Å². The Bertz CT molecular complexity index is 874. The molecule has 9 heteroatoms. The number of rotatable bonds is 9. The first-order valence-corrected chi connectivity index (χ1v) is 10.1. The van der Waals surface area contributed by atoms with Crippen molar-refractivity contribution in [2.24, 2.45) is 0 Å². The Hall–Kier alpha value is -1.97. The summed E-state index contributed by atoms with van der Waals surface area (Å²) in [5.74, 6) is 0.761. The maximum atomic E-state index is 12.3. The summed E-state index contributed by atoms with van der Waals surface area (Å²) in [6.45, 7) is 4.02. The minimum Gasteiger partial charge on any atom is -0.355 e. The molecule has 0 atom stereocenters. The molecular formula is C17H27N5O3S. The molecule has 1 aromatic carbocycles. The molecule has 1 aromatic heterocycles. The van der Waals surface area contributed by atoms with Crippen molar-refractivity contribution in [3.63, 3.8) is 0 Å². The zero-order valence-corrected chi connectivity index (χ0v) is 16.6. The Labute approximate surface area is 154 Å². The molecule has 1 amide bonds. The summed E-state index contributed by atoms with van der Waals surface area (Å²) in [7, 11) is 1.34. The average molecular weight is 382 g/mol. The molecule has 0 radical (unpaired) electrons. The molecule has 0 saturated carbocycles. The third-order valence-corrected chi connectivity index (χ3v) is 5.98. The Balaban J connectivity index is 2.24. The molecule has 0 spiro atoms. The van der Waals surface area contributed by atoms with Gasteiger partial charge in [0.05, 0.1) is 15.9 Å². The normalized spacial score (nSPS) is 12.0. The zero-order chi connectivity index (χ0) is 19.3. The van der Waals surface area contributed by atoms with E-state index in [0.29, 0.717) is 31.4 Å². The first-order valence-electron chi connectivity index (χ1n) is 8.64. The van der Waals surface area contributed by atoms with E-state index in [2.05, 4.69) is 15.6 Å². The smallest absolute Gasteiger partial charge is 0.242 e. The molecule has 0 aliphatic rings. The van der Waals surface area contributed by atoms with Crippen LogP contribution in [0.15, 0.2) is 23.1 Å². The Morgan fingerprint density at radius 3 is 2.62 bits per heavy atom. The highest BCUT2D eigenvalue weighted by Gasteiger charge is 2.19. The van der Waals surface area contributed by atoms with Crippen LogP contribution in [0.1, 0.15) is 19.2 Å². The van der Waals surface area contributed by atoms with E-state index in [0.717, 1.165) is 17.9 Å². The van der Waals surface area contributed by atoms with Gasteiger partial charge in [-0.05, 0) is 32.2 Å². The average Bonchev–Trinajstić information content (AvgIpc) is 2.96. The number of carbonyl (C=O) groups excluding carboxylic acids is 1. The number of hydrogen-bond acceptors (Lipinski definition) is 5. The van der Waals surface area contributed by atoms with Gasteiger partial charge in [-0.3, -0.25) is 4.79 Å². The van der Waals surface area contributed by atoms with Crippen LogP contribution >= 0.6 is 0 Å². The number of nitrogens with zero attached hydrogens (tertiary/aromatic N) is 3. The van der Waals surface area contributed by atoms with E-state index in [9.17, 15) is 13.2 Å². The number of likely N-dealkylation sites (N-methyl/N-ethyl adjacent to an activating group) is 1. The Kier molecular flexibility index (Phi) is 6.74. The summed E-state index contributed by atoms with van der Waals surface area (Å²) in [5, 5.41) is 5.82. The molecule has 0 unspecified atom stereocenters. The van der Waals surface area contributed by atoms with Gasteiger partial charge in [0.2, 0.25) is 15.9 Å². The quantitative estimate of drug-likeness (QED) is 0.619. The van der Waals surface area contributed by atoms with Crippen LogP contribution in [-0.4, -0.2) is 62.4 Å². The summed E-state index contributed by atoms with van der Waals surface area (Å²) in [4.78, 5) is 16.7.